The van der Waals surface area contributed by atoms with Crippen LogP contribution in [0.25, 0.3) is 0 Å². The van der Waals surface area contributed by atoms with Crippen LogP contribution in [0, 0.1) is 5.92 Å². The number of nitrogens with one attached hydrogen (secondary N) is 1. The van der Waals surface area contributed by atoms with Crippen molar-refractivity contribution >= 4 is 33.4 Å². The van der Waals surface area contributed by atoms with Crippen LogP contribution in [0.1, 0.15) is 24.2 Å². The van der Waals surface area contributed by atoms with Gasteiger partial charge in [0, 0.05) is 16.4 Å². The number of carbonyl (C=O) groups is 1. The Morgan fingerprint density at radius 2 is 2.18 bits per heavy atom. The minimum atomic E-state index is -0.292. The second kappa shape index (κ2) is 6.26. The van der Waals surface area contributed by atoms with Gasteiger partial charge in [0.2, 0.25) is 0 Å². The Kier molecular flexibility index (Phi) is 5.28. The SMILES string of the molecule is CC(CBr)C(C)NC(=O)c1ccc(Cl)cc1O. The van der Waals surface area contributed by atoms with Crippen molar-refractivity contribution in [3.05, 3.63) is 28.8 Å². The van der Waals surface area contributed by atoms with E-state index in [0.717, 1.165) is 5.33 Å². The molecule has 1 amide bonds. The first kappa shape index (κ1) is 14.3. The molecule has 0 spiro atoms. The number of benzene rings is 1. The van der Waals surface area contributed by atoms with Crippen LogP contribution in [0.2, 0.25) is 5.02 Å². The summed E-state index contributed by atoms with van der Waals surface area (Å²) in [6, 6.07) is 4.47. The standard InChI is InChI=1S/C12H15BrClNO2/c1-7(6-13)8(2)15-12(17)10-4-3-9(14)5-11(10)16/h3-5,7-8,16H,6H2,1-2H3,(H,15,17). The van der Waals surface area contributed by atoms with Gasteiger partial charge < -0.3 is 10.4 Å². The van der Waals surface area contributed by atoms with E-state index >= 15 is 0 Å². The number of phenolic OH excluding ortho intramolecular Hbond substituents is 1. The van der Waals surface area contributed by atoms with Crippen molar-refractivity contribution in [1.29, 1.82) is 0 Å². The van der Waals surface area contributed by atoms with E-state index in [1.54, 1.807) is 6.07 Å². The predicted octanol–water partition coefficient (Wildman–Crippen LogP) is 3.19. The molecule has 1 aromatic rings. The Hall–Kier alpha value is -0.740. The zero-order chi connectivity index (χ0) is 13.0. The number of aromatic hydroxyl groups is 1. The number of halogens is 2. The van der Waals surface area contributed by atoms with E-state index in [9.17, 15) is 9.90 Å². The first-order valence-electron chi connectivity index (χ1n) is 5.31. The van der Waals surface area contributed by atoms with Crippen molar-refractivity contribution in [3.63, 3.8) is 0 Å². The zero-order valence-corrected chi connectivity index (χ0v) is 12.0. The lowest BCUT2D eigenvalue weighted by Gasteiger charge is -2.19. The number of hydrogen-bond donors (Lipinski definition) is 2. The minimum absolute atomic E-state index is 0.0250. The highest BCUT2D eigenvalue weighted by atomic mass is 79.9. The Labute approximate surface area is 114 Å². The summed E-state index contributed by atoms with van der Waals surface area (Å²) in [5.74, 6) is -0.0819. The summed E-state index contributed by atoms with van der Waals surface area (Å²) >= 11 is 9.07. The highest BCUT2D eigenvalue weighted by molar-refractivity contribution is 9.09. The molecule has 5 heteroatoms. The van der Waals surface area contributed by atoms with E-state index in [1.165, 1.54) is 12.1 Å². The molecule has 0 aliphatic heterocycles. The molecule has 17 heavy (non-hydrogen) atoms. The lowest BCUT2D eigenvalue weighted by atomic mass is 10.1. The average Bonchev–Trinajstić information content (AvgIpc) is 2.27. The van der Waals surface area contributed by atoms with Crippen LogP contribution in [-0.4, -0.2) is 22.4 Å². The van der Waals surface area contributed by atoms with E-state index in [-0.39, 0.29) is 23.3 Å². The smallest absolute Gasteiger partial charge is 0.255 e. The molecule has 2 unspecified atom stereocenters. The third kappa shape index (κ3) is 3.89. The zero-order valence-electron chi connectivity index (χ0n) is 9.71. The molecule has 1 rings (SSSR count). The summed E-state index contributed by atoms with van der Waals surface area (Å²) in [6.07, 6.45) is 0. The lowest BCUT2D eigenvalue weighted by Crippen LogP contribution is -2.37. The molecule has 0 aliphatic rings. The Morgan fingerprint density at radius 1 is 1.53 bits per heavy atom. The third-order valence-corrected chi connectivity index (χ3v) is 3.92. The Balaban J connectivity index is 2.76. The fourth-order valence-electron chi connectivity index (χ4n) is 1.26. The van der Waals surface area contributed by atoms with Crippen LogP contribution in [-0.2, 0) is 0 Å². The van der Waals surface area contributed by atoms with Gasteiger partial charge in [0.05, 0.1) is 5.56 Å². The van der Waals surface area contributed by atoms with Gasteiger partial charge in [0.1, 0.15) is 5.75 Å². The van der Waals surface area contributed by atoms with Gasteiger partial charge in [-0.1, -0.05) is 34.5 Å². The summed E-state index contributed by atoms with van der Waals surface area (Å²) in [4.78, 5) is 11.9. The second-order valence-corrected chi connectivity index (χ2v) is 5.14. The second-order valence-electron chi connectivity index (χ2n) is 4.06. The van der Waals surface area contributed by atoms with Gasteiger partial charge in [0.25, 0.3) is 5.91 Å². The molecule has 2 N–H and O–H groups in total. The van der Waals surface area contributed by atoms with Gasteiger partial charge in [-0.3, -0.25) is 4.79 Å². The van der Waals surface area contributed by atoms with Crippen LogP contribution in [0.15, 0.2) is 18.2 Å². The van der Waals surface area contributed by atoms with Crippen LogP contribution >= 0.6 is 27.5 Å². The summed E-state index contributed by atoms with van der Waals surface area (Å²) < 4.78 is 0. The summed E-state index contributed by atoms with van der Waals surface area (Å²) in [5, 5.41) is 13.7. The molecular weight excluding hydrogens is 305 g/mol. The molecule has 0 saturated heterocycles. The minimum Gasteiger partial charge on any atom is -0.507 e. The normalized spacial score (nSPS) is 14.1. The fourth-order valence-corrected chi connectivity index (χ4v) is 1.98. The highest BCUT2D eigenvalue weighted by Crippen LogP contribution is 2.22. The van der Waals surface area contributed by atoms with Crippen molar-refractivity contribution in [2.45, 2.75) is 19.9 Å². The molecule has 94 valence electrons. The van der Waals surface area contributed by atoms with E-state index in [2.05, 4.69) is 21.2 Å². The number of alkyl halides is 1. The van der Waals surface area contributed by atoms with Crippen LogP contribution in [0.4, 0.5) is 0 Å². The van der Waals surface area contributed by atoms with Gasteiger partial charge in [-0.05, 0) is 31.0 Å². The molecule has 0 aromatic heterocycles. The summed E-state index contributed by atoms with van der Waals surface area (Å²) in [6.45, 7) is 3.96. The molecule has 0 aliphatic carbocycles. The van der Waals surface area contributed by atoms with Gasteiger partial charge in [-0.25, -0.2) is 0 Å². The van der Waals surface area contributed by atoms with E-state index < -0.39 is 0 Å². The van der Waals surface area contributed by atoms with Crippen LogP contribution in [0.3, 0.4) is 0 Å². The van der Waals surface area contributed by atoms with Gasteiger partial charge in [0.15, 0.2) is 0 Å². The van der Waals surface area contributed by atoms with Crippen molar-refractivity contribution in [2.24, 2.45) is 5.92 Å². The molecule has 0 bridgehead atoms. The molecule has 0 fully saturated rings. The number of carbonyl (C=O) groups excluding carboxylic acids is 1. The summed E-state index contributed by atoms with van der Waals surface area (Å²) in [7, 11) is 0. The van der Waals surface area contributed by atoms with Crippen molar-refractivity contribution < 1.29 is 9.90 Å². The number of amides is 1. The summed E-state index contributed by atoms with van der Waals surface area (Å²) in [5.41, 5.74) is 0.239. The van der Waals surface area contributed by atoms with Crippen molar-refractivity contribution in [3.8, 4) is 5.75 Å². The van der Waals surface area contributed by atoms with E-state index in [1.807, 2.05) is 13.8 Å². The van der Waals surface area contributed by atoms with Crippen LogP contribution < -0.4 is 5.32 Å². The molecule has 2 atom stereocenters. The number of rotatable bonds is 4. The van der Waals surface area contributed by atoms with E-state index in [4.69, 9.17) is 11.6 Å². The number of phenols is 1. The quantitative estimate of drug-likeness (QED) is 0.837. The average molecular weight is 321 g/mol. The molecule has 1 aromatic carbocycles. The molecule has 0 heterocycles. The highest BCUT2D eigenvalue weighted by Gasteiger charge is 2.17. The monoisotopic (exact) mass is 319 g/mol. The lowest BCUT2D eigenvalue weighted by molar-refractivity contribution is 0.0928. The Bertz CT molecular complexity index is 411. The largest absolute Gasteiger partial charge is 0.507 e. The van der Waals surface area contributed by atoms with Gasteiger partial charge in [-0.2, -0.15) is 0 Å². The molecular formula is C12H15BrClNO2. The maximum Gasteiger partial charge on any atom is 0.255 e. The first-order valence-corrected chi connectivity index (χ1v) is 6.81. The Morgan fingerprint density at radius 3 is 2.71 bits per heavy atom. The molecule has 0 radical (unpaired) electrons. The predicted molar refractivity (Wildman–Crippen MR) is 73.0 cm³/mol. The first-order chi connectivity index (χ1) is 7.95. The maximum atomic E-state index is 11.9. The molecule has 0 saturated carbocycles. The van der Waals surface area contributed by atoms with Gasteiger partial charge >= 0.3 is 0 Å². The molecule has 3 nitrogen and oxygen atoms in total. The van der Waals surface area contributed by atoms with Crippen LogP contribution in [0.5, 0.6) is 5.75 Å². The van der Waals surface area contributed by atoms with Gasteiger partial charge in [-0.15, -0.1) is 0 Å². The maximum absolute atomic E-state index is 11.9. The van der Waals surface area contributed by atoms with E-state index in [0.29, 0.717) is 10.9 Å². The van der Waals surface area contributed by atoms with Crippen molar-refractivity contribution in [1.82, 2.24) is 5.32 Å². The van der Waals surface area contributed by atoms with Crippen molar-refractivity contribution in [2.75, 3.05) is 5.33 Å². The third-order valence-electron chi connectivity index (χ3n) is 2.66. The number of hydrogen-bond acceptors (Lipinski definition) is 2. The fraction of sp³-hybridized carbons (Fsp3) is 0.417. The topological polar surface area (TPSA) is 49.3 Å².